The van der Waals surface area contributed by atoms with E-state index in [0.717, 1.165) is 18.4 Å². The molecule has 0 aromatic rings. The number of carbonyl (C=O) groups is 2. The predicted octanol–water partition coefficient (Wildman–Crippen LogP) is 2.53. The van der Waals surface area contributed by atoms with E-state index >= 15 is 0 Å². The fourth-order valence-corrected chi connectivity index (χ4v) is 1.55. The molecule has 0 saturated heterocycles. The Hall–Kier alpha value is -1.52. The molecule has 0 rings (SSSR count). The lowest BCUT2D eigenvalue weighted by molar-refractivity contribution is -0.141. The van der Waals surface area contributed by atoms with Gasteiger partial charge in [-0.25, -0.2) is 4.79 Å². The van der Waals surface area contributed by atoms with Crippen LogP contribution in [0, 0.1) is 5.92 Å². The highest BCUT2D eigenvalue weighted by molar-refractivity contribution is 5.74. The SMILES string of the molecule is CC(C)=CCNC(=O)NC(C)CCCC(C)C(=O)O. The van der Waals surface area contributed by atoms with Gasteiger partial charge in [0, 0.05) is 12.6 Å². The predicted molar refractivity (Wildman–Crippen MR) is 76.1 cm³/mol. The van der Waals surface area contributed by atoms with Crippen LogP contribution < -0.4 is 10.6 Å². The van der Waals surface area contributed by atoms with Crippen LogP contribution in [-0.2, 0) is 4.79 Å². The van der Waals surface area contributed by atoms with E-state index in [9.17, 15) is 9.59 Å². The second-order valence-electron chi connectivity index (χ2n) is 5.21. The number of carbonyl (C=O) groups excluding carboxylic acids is 1. The molecule has 0 aliphatic carbocycles. The Morgan fingerprint density at radius 2 is 1.84 bits per heavy atom. The molecule has 0 aromatic carbocycles. The number of carboxylic acid groups (broad SMARTS) is 1. The van der Waals surface area contributed by atoms with Crippen LogP contribution >= 0.6 is 0 Å². The van der Waals surface area contributed by atoms with Crippen molar-refractivity contribution in [3.8, 4) is 0 Å². The van der Waals surface area contributed by atoms with Crippen molar-refractivity contribution in [2.24, 2.45) is 5.92 Å². The van der Waals surface area contributed by atoms with E-state index in [1.54, 1.807) is 6.92 Å². The van der Waals surface area contributed by atoms with Gasteiger partial charge in [-0.1, -0.05) is 25.0 Å². The molecule has 0 heterocycles. The molecule has 0 aliphatic rings. The van der Waals surface area contributed by atoms with Crippen molar-refractivity contribution in [1.29, 1.82) is 0 Å². The zero-order valence-electron chi connectivity index (χ0n) is 12.3. The van der Waals surface area contributed by atoms with Crippen LogP contribution in [0.5, 0.6) is 0 Å². The normalized spacial score (nSPS) is 13.3. The molecule has 5 heteroatoms. The van der Waals surface area contributed by atoms with E-state index < -0.39 is 5.97 Å². The van der Waals surface area contributed by atoms with Crippen LogP contribution in [0.2, 0.25) is 0 Å². The van der Waals surface area contributed by atoms with E-state index in [0.29, 0.717) is 13.0 Å². The number of nitrogens with one attached hydrogen (secondary N) is 2. The quantitative estimate of drug-likeness (QED) is 0.593. The number of hydrogen-bond donors (Lipinski definition) is 3. The molecule has 5 nitrogen and oxygen atoms in total. The Morgan fingerprint density at radius 3 is 2.37 bits per heavy atom. The first-order valence-electron chi connectivity index (χ1n) is 6.73. The molecule has 19 heavy (non-hydrogen) atoms. The van der Waals surface area contributed by atoms with Gasteiger partial charge in [-0.05, 0) is 33.6 Å². The minimum absolute atomic E-state index is 0.0488. The fourth-order valence-electron chi connectivity index (χ4n) is 1.55. The molecule has 2 amide bonds. The van der Waals surface area contributed by atoms with Gasteiger partial charge >= 0.3 is 12.0 Å². The molecule has 0 aromatic heterocycles. The lowest BCUT2D eigenvalue weighted by atomic mass is 10.0. The number of rotatable bonds is 8. The van der Waals surface area contributed by atoms with Crippen LogP contribution in [-0.4, -0.2) is 29.7 Å². The summed E-state index contributed by atoms with van der Waals surface area (Å²) in [5, 5.41) is 14.3. The largest absolute Gasteiger partial charge is 0.481 e. The Balaban J connectivity index is 3.73. The molecule has 0 saturated carbocycles. The zero-order valence-corrected chi connectivity index (χ0v) is 12.3. The Labute approximate surface area is 115 Å². The summed E-state index contributed by atoms with van der Waals surface area (Å²) in [6, 6.07) is -0.135. The second kappa shape index (κ2) is 9.42. The van der Waals surface area contributed by atoms with E-state index in [1.165, 1.54) is 0 Å². The Kier molecular flexibility index (Phi) is 8.66. The number of aliphatic carboxylic acids is 1. The summed E-state index contributed by atoms with van der Waals surface area (Å²) < 4.78 is 0. The Morgan fingerprint density at radius 1 is 1.21 bits per heavy atom. The maximum atomic E-state index is 11.5. The summed E-state index contributed by atoms with van der Waals surface area (Å²) in [7, 11) is 0. The highest BCUT2D eigenvalue weighted by atomic mass is 16.4. The lowest BCUT2D eigenvalue weighted by Gasteiger charge is -2.14. The van der Waals surface area contributed by atoms with Crippen molar-refractivity contribution in [3.05, 3.63) is 11.6 Å². The van der Waals surface area contributed by atoms with Gasteiger partial charge in [0.05, 0.1) is 5.92 Å². The monoisotopic (exact) mass is 270 g/mol. The van der Waals surface area contributed by atoms with Gasteiger partial charge in [0.2, 0.25) is 0 Å². The molecule has 110 valence electrons. The molecule has 0 bridgehead atoms. The third-order valence-corrected chi connectivity index (χ3v) is 2.85. The van der Waals surface area contributed by atoms with Crippen molar-refractivity contribution < 1.29 is 14.7 Å². The number of hydrogen-bond acceptors (Lipinski definition) is 2. The van der Waals surface area contributed by atoms with Crippen molar-refractivity contribution in [2.45, 2.75) is 53.0 Å². The van der Waals surface area contributed by atoms with Gasteiger partial charge < -0.3 is 15.7 Å². The Bertz CT molecular complexity index is 323. The molecule has 3 N–H and O–H groups in total. The van der Waals surface area contributed by atoms with E-state index in [1.807, 2.05) is 26.8 Å². The number of amides is 2. The van der Waals surface area contributed by atoms with E-state index in [4.69, 9.17) is 5.11 Å². The average Bonchev–Trinajstić information content (AvgIpc) is 2.27. The second-order valence-corrected chi connectivity index (χ2v) is 5.21. The van der Waals surface area contributed by atoms with Crippen LogP contribution in [0.3, 0.4) is 0 Å². The summed E-state index contributed by atoms with van der Waals surface area (Å²) in [6.45, 7) is 8.10. The number of urea groups is 1. The third kappa shape index (κ3) is 10.1. The van der Waals surface area contributed by atoms with Gasteiger partial charge in [0.15, 0.2) is 0 Å². The van der Waals surface area contributed by atoms with Crippen molar-refractivity contribution >= 4 is 12.0 Å². The smallest absolute Gasteiger partial charge is 0.315 e. The minimum Gasteiger partial charge on any atom is -0.481 e. The summed E-state index contributed by atoms with van der Waals surface area (Å²) in [5.41, 5.74) is 1.16. The summed E-state index contributed by atoms with van der Waals surface area (Å²) in [6.07, 6.45) is 4.16. The van der Waals surface area contributed by atoms with Gasteiger partial charge in [-0.2, -0.15) is 0 Å². The van der Waals surface area contributed by atoms with Crippen molar-refractivity contribution in [2.75, 3.05) is 6.54 Å². The summed E-state index contributed by atoms with van der Waals surface area (Å²) in [5.74, 6) is -1.08. The van der Waals surface area contributed by atoms with Gasteiger partial charge in [-0.15, -0.1) is 0 Å². The highest BCUT2D eigenvalue weighted by Crippen LogP contribution is 2.09. The lowest BCUT2D eigenvalue weighted by Crippen LogP contribution is -2.40. The highest BCUT2D eigenvalue weighted by Gasteiger charge is 2.12. The van der Waals surface area contributed by atoms with Crippen LogP contribution in [0.4, 0.5) is 4.79 Å². The minimum atomic E-state index is -0.764. The third-order valence-electron chi connectivity index (χ3n) is 2.85. The van der Waals surface area contributed by atoms with Crippen molar-refractivity contribution in [1.82, 2.24) is 10.6 Å². The van der Waals surface area contributed by atoms with Crippen LogP contribution in [0.25, 0.3) is 0 Å². The molecule has 2 unspecified atom stereocenters. The van der Waals surface area contributed by atoms with Gasteiger partial charge in [0.1, 0.15) is 0 Å². The molecule has 0 aliphatic heterocycles. The first-order valence-corrected chi connectivity index (χ1v) is 6.73. The maximum absolute atomic E-state index is 11.5. The number of allylic oxidation sites excluding steroid dienone is 1. The molecular weight excluding hydrogens is 244 g/mol. The first-order chi connectivity index (χ1) is 8.82. The van der Waals surface area contributed by atoms with Crippen molar-refractivity contribution in [3.63, 3.8) is 0 Å². The summed E-state index contributed by atoms with van der Waals surface area (Å²) >= 11 is 0. The molecule has 0 radical (unpaired) electrons. The van der Waals surface area contributed by atoms with E-state index in [2.05, 4.69) is 10.6 Å². The maximum Gasteiger partial charge on any atom is 0.315 e. The average molecular weight is 270 g/mol. The number of carboxylic acids is 1. The fraction of sp³-hybridized carbons (Fsp3) is 0.714. The zero-order chi connectivity index (χ0) is 14.8. The van der Waals surface area contributed by atoms with Crippen LogP contribution in [0.15, 0.2) is 11.6 Å². The molecule has 0 fully saturated rings. The van der Waals surface area contributed by atoms with E-state index in [-0.39, 0.29) is 18.0 Å². The molecular formula is C14H26N2O3. The standard InChI is InChI=1S/C14H26N2O3/c1-10(2)8-9-15-14(19)16-12(4)7-5-6-11(3)13(17)18/h8,11-12H,5-7,9H2,1-4H3,(H,17,18)(H2,15,16,19). The first kappa shape index (κ1) is 17.5. The summed E-state index contributed by atoms with van der Waals surface area (Å²) in [4.78, 5) is 22.1. The van der Waals surface area contributed by atoms with Crippen LogP contribution in [0.1, 0.15) is 47.0 Å². The molecule has 0 spiro atoms. The molecule has 2 atom stereocenters. The topological polar surface area (TPSA) is 78.4 Å². The van der Waals surface area contributed by atoms with Gasteiger partial charge in [-0.3, -0.25) is 4.79 Å². The van der Waals surface area contributed by atoms with Gasteiger partial charge in [0.25, 0.3) is 0 Å².